The average Bonchev–Trinajstić information content (AvgIpc) is 3.03. The molecule has 3 rings (SSSR count). The third kappa shape index (κ3) is 4.46. The number of rotatable bonds is 4. The van der Waals surface area contributed by atoms with E-state index >= 15 is 0 Å². The first-order valence-corrected chi connectivity index (χ1v) is 7.23. The summed E-state index contributed by atoms with van der Waals surface area (Å²) >= 11 is 0. The Balaban J connectivity index is 0.00000121. The molecule has 0 unspecified atom stereocenters. The van der Waals surface area contributed by atoms with Gasteiger partial charge in [-0.05, 0) is 17.5 Å². The minimum atomic E-state index is 0. The Hall–Kier alpha value is -1.07. The van der Waals surface area contributed by atoms with Crippen LogP contribution >= 0.6 is 24.8 Å². The van der Waals surface area contributed by atoms with Crippen LogP contribution in [0.15, 0.2) is 42.7 Å². The second kappa shape index (κ2) is 8.53. The molecule has 1 fully saturated rings. The van der Waals surface area contributed by atoms with Gasteiger partial charge in [-0.15, -0.1) is 24.8 Å². The summed E-state index contributed by atoms with van der Waals surface area (Å²) in [5.41, 5.74) is 8.98. The molecule has 0 spiro atoms. The Morgan fingerprint density at radius 2 is 1.91 bits per heavy atom. The van der Waals surface area contributed by atoms with Crippen LogP contribution in [0.25, 0.3) is 0 Å². The van der Waals surface area contributed by atoms with Crippen molar-refractivity contribution in [3.8, 4) is 0 Å². The number of aryl methyl sites for hydroxylation is 1. The maximum Gasteiger partial charge on any atom is 0.0522 e. The van der Waals surface area contributed by atoms with E-state index in [4.69, 9.17) is 5.73 Å². The summed E-state index contributed by atoms with van der Waals surface area (Å²) in [4.78, 5) is 2.47. The fourth-order valence-electron chi connectivity index (χ4n) is 3.04. The van der Waals surface area contributed by atoms with Crippen molar-refractivity contribution in [3.05, 3.63) is 53.9 Å². The maximum absolute atomic E-state index is 6.32. The summed E-state index contributed by atoms with van der Waals surface area (Å²) in [6, 6.07) is 10.9. The van der Waals surface area contributed by atoms with E-state index in [9.17, 15) is 0 Å². The van der Waals surface area contributed by atoms with Crippen molar-refractivity contribution in [3.63, 3.8) is 0 Å². The van der Waals surface area contributed by atoms with Gasteiger partial charge in [-0.1, -0.05) is 30.3 Å². The molecule has 2 heterocycles. The van der Waals surface area contributed by atoms with E-state index in [-0.39, 0.29) is 30.9 Å². The molecule has 1 saturated heterocycles. The molecule has 122 valence electrons. The van der Waals surface area contributed by atoms with Gasteiger partial charge >= 0.3 is 0 Å². The van der Waals surface area contributed by atoms with Crippen LogP contribution in [0.5, 0.6) is 0 Å². The van der Waals surface area contributed by atoms with Crippen LogP contribution in [0.1, 0.15) is 17.0 Å². The Labute approximate surface area is 144 Å². The number of hydrogen-bond donors (Lipinski definition) is 1. The Morgan fingerprint density at radius 1 is 1.18 bits per heavy atom. The summed E-state index contributed by atoms with van der Waals surface area (Å²) in [7, 11) is 1.96. The molecule has 6 heteroatoms. The average molecular weight is 343 g/mol. The molecule has 0 radical (unpaired) electrons. The molecule has 0 amide bonds. The fraction of sp³-hybridized carbons (Fsp3) is 0.438. The quantitative estimate of drug-likeness (QED) is 0.926. The normalized spacial score (nSPS) is 21.2. The van der Waals surface area contributed by atoms with Crippen LogP contribution in [0.3, 0.4) is 0 Å². The lowest BCUT2D eigenvalue weighted by molar-refractivity contribution is 0.336. The van der Waals surface area contributed by atoms with Crippen molar-refractivity contribution in [1.82, 2.24) is 14.7 Å². The van der Waals surface area contributed by atoms with Crippen LogP contribution in [0.4, 0.5) is 0 Å². The highest BCUT2D eigenvalue weighted by Crippen LogP contribution is 2.26. The first kappa shape index (κ1) is 19.0. The SMILES string of the molecule is Cl.Cl.Cn1cc(CCN2C[C@@H](N)[C@H](c3ccccc3)C2)cn1. The lowest BCUT2D eigenvalue weighted by Gasteiger charge is -2.15. The predicted octanol–water partition coefficient (Wildman–Crippen LogP) is 2.23. The third-order valence-corrected chi connectivity index (χ3v) is 4.14. The molecule has 0 aliphatic carbocycles. The standard InChI is InChI=1S/C16H22N4.2ClH/c1-19-10-13(9-18-19)7-8-20-11-15(16(17)12-20)14-5-3-2-4-6-14;;/h2-6,9-10,15-16H,7-8,11-12,17H2,1H3;2*1H/t15-,16+;;/m0../s1. The van der Waals surface area contributed by atoms with E-state index in [1.54, 1.807) is 0 Å². The molecule has 4 nitrogen and oxygen atoms in total. The molecule has 1 aromatic carbocycles. The highest BCUT2D eigenvalue weighted by Gasteiger charge is 2.30. The molecule has 0 saturated carbocycles. The van der Waals surface area contributed by atoms with Gasteiger partial charge in [0, 0.05) is 44.8 Å². The Morgan fingerprint density at radius 3 is 2.55 bits per heavy atom. The number of likely N-dealkylation sites (tertiary alicyclic amines) is 1. The number of nitrogens with two attached hydrogens (primary N) is 1. The molecular weight excluding hydrogens is 319 g/mol. The van der Waals surface area contributed by atoms with Gasteiger partial charge in [0.05, 0.1) is 6.20 Å². The predicted molar refractivity (Wildman–Crippen MR) is 95.0 cm³/mol. The van der Waals surface area contributed by atoms with E-state index in [1.807, 2.05) is 17.9 Å². The van der Waals surface area contributed by atoms with Crippen LogP contribution in [-0.2, 0) is 13.5 Å². The van der Waals surface area contributed by atoms with E-state index in [0.29, 0.717) is 5.92 Å². The minimum absolute atomic E-state index is 0. The largest absolute Gasteiger partial charge is 0.326 e. The number of aromatic nitrogens is 2. The number of nitrogens with zero attached hydrogens (tertiary/aromatic N) is 3. The van der Waals surface area contributed by atoms with Gasteiger partial charge in [0.25, 0.3) is 0 Å². The first-order chi connectivity index (χ1) is 9.72. The molecule has 1 aliphatic rings. The van der Waals surface area contributed by atoms with E-state index in [0.717, 1.165) is 26.1 Å². The van der Waals surface area contributed by atoms with Crippen molar-refractivity contribution >= 4 is 24.8 Å². The van der Waals surface area contributed by atoms with Gasteiger partial charge in [0.2, 0.25) is 0 Å². The van der Waals surface area contributed by atoms with Crippen molar-refractivity contribution in [1.29, 1.82) is 0 Å². The van der Waals surface area contributed by atoms with Crippen molar-refractivity contribution in [2.24, 2.45) is 12.8 Å². The zero-order chi connectivity index (χ0) is 13.9. The smallest absolute Gasteiger partial charge is 0.0522 e. The van der Waals surface area contributed by atoms with Gasteiger partial charge in [-0.3, -0.25) is 4.68 Å². The molecule has 1 aliphatic heterocycles. The highest BCUT2D eigenvalue weighted by atomic mass is 35.5. The summed E-state index contributed by atoms with van der Waals surface area (Å²) in [5.74, 6) is 0.463. The monoisotopic (exact) mass is 342 g/mol. The lowest BCUT2D eigenvalue weighted by atomic mass is 9.95. The summed E-state index contributed by atoms with van der Waals surface area (Å²) < 4.78 is 1.86. The van der Waals surface area contributed by atoms with Crippen molar-refractivity contribution < 1.29 is 0 Å². The van der Waals surface area contributed by atoms with Crippen LogP contribution in [0, 0.1) is 0 Å². The third-order valence-electron chi connectivity index (χ3n) is 4.14. The molecule has 2 atom stereocenters. The van der Waals surface area contributed by atoms with E-state index < -0.39 is 0 Å². The van der Waals surface area contributed by atoms with Crippen LogP contribution in [0.2, 0.25) is 0 Å². The van der Waals surface area contributed by atoms with Gasteiger partial charge in [0.1, 0.15) is 0 Å². The summed E-state index contributed by atoms with van der Waals surface area (Å²) in [6.45, 7) is 3.11. The van der Waals surface area contributed by atoms with Crippen molar-refractivity contribution in [2.45, 2.75) is 18.4 Å². The fourth-order valence-corrected chi connectivity index (χ4v) is 3.04. The topological polar surface area (TPSA) is 47.1 Å². The number of hydrogen-bond acceptors (Lipinski definition) is 3. The van der Waals surface area contributed by atoms with Crippen LogP contribution in [-0.4, -0.2) is 40.4 Å². The Kier molecular flexibility index (Phi) is 7.36. The zero-order valence-electron chi connectivity index (χ0n) is 12.8. The Bertz CT molecular complexity index is 558. The minimum Gasteiger partial charge on any atom is -0.326 e. The van der Waals surface area contributed by atoms with Gasteiger partial charge in [0.15, 0.2) is 0 Å². The number of benzene rings is 1. The number of halogens is 2. The zero-order valence-corrected chi connectivity index (χ0v) is 14.4. The molecule has 0 bridgehead atoms. The molecular formula is C16H24Cl2N4. The second-order valence-corrected chi connectivity index (χ2v) is 5.71. The van der Waals surface area contributed by atoms with Crippen molar-refractivity contribution in [2.75, 3.05) is 19.6 Å². The van der Waals surface area contributed by atoms with Gasteiger partial charge in [-0.25, -0.2) is 0 Å². The summed E-state index contributed by atoms with van der Waals surface area (Å²) in [5, 5.41) is 4.21. The second-order valence-electron chi connectivity index (χ2n) is 5.71. The first-order valence-electron chi connectivity index (χ1n) is 7.23. The molecule has 1 aromatic heterocycles. The van der Waals surface area contributed by atoms with E-state index in [2.05, 4.69) is 46.5 Å². The molecule has 22 heavy (non-hydrogen) atoms. The van der Waals surface area contributed by atoms with Crippen LogP contribution < -0.4 is 5.73 Å². The highest BCUT2D eigenvalue weighted by molar-refractivity contribution is 5.85. The van der Waals surface area contributed by atoms with Gasteiger partial charge < -0.3 is 10.6 Å². The van der Waals surface area contributed by atoms with Gasteiger partial charge in [-0.2, -0.15) is 5.10 Å². The summed E-state index contributed by atoms with van der Waals surface area (Å²) in [6.07, 6.45) is 5.08. The maximum atomic E-state index is 6.32. The molecule has 2 N–H and O–H groups in total. The molecule has 2 aromatic rings. The lowest BCUT2D eigenvalue weighted by Crippen LogP contribution is -2.29. The van der Waals surface area contributed by atoms with E-state index in [1.165, 1.54) is 11.1 Å².